The highest BCUT2D eigenvalue weighted by Crippen LogP contribution is 2.64. The number of ether oxygens (including phenoxy) is 1. The quantitative estimate of drug-likeness (QED) is 0.742. The van der Waals surface area contributed by atoms with E-state index in [0.717, 1.165) is 5.01 Å². The molecule has 1 spiro atoms. The molecule has 2 N–H and O–H groups in total. The predicted molar refractivity (Wildman–Crippen MR) is 78.0 cm³/mol. The van der Waals surface area contributed by atoms with Gasteiger partial charge >= 0.3 is 0 Å². The van der Waals surface area contributed by atoms with Crippen molar-refractivity contribution in [3.63, 3.8) is 0 Å². The number of ketones is 1. The molecule has 1 saturated carbocycles. The van der Waals surface area contributed by atoms with Gasteiger partial charge in [-0.2, -0.15) is 0 Å². The van der Waals surface area contributed by atoms with Gasteiger partial charge in [0.25, 0.3) is 0 Å². The molecule has 4 aliphatic rings. The normalized spacial score (nSPS) is 48.2. The van der Waals surface area contributed by atoms with Crippen LogP contribution >= 0.6 is 0 Å². The zero-order valence-electron chi connectivity index (χ0n) is 16.9. The summed E-state index contributed by atoms with van der Waals surface area (Å²) >= 11 is 0. The molecule has 2 bridgehead atoms. The van der Waals surface area contributed by atoms with Crippen LogP contribution in [0.15, 0.2) is 17.4 Å². The third-order valence-corrected chi connectivity index (χ3v) is 5.69. The summed E-state index contributed by atoms with van der Waals surface area (Å²) in [4.78, 5) is 24.4. The van der Waals surface area contributed by atoms with E-state index in [1.807, 2.05) is 0 Å². The van der Waals surface area contributed by atoms with Crippen LogP contribution in [0.5, 0.6) is 11.5 Å². The van der Waals surface area contributed by atoms with Gasteiger partial charge < -0.3 is 14.9 Å². The molecule has 1 aromatic carbocycles. The van der Waals surface area contributed by atoms with Crippen molar-refractivity contribution >= 4 is 5.78 Å². The number of benzene rings is 1. The van der Waals surface area contributed by atoms with Crippen LogP contribution in [-0.2, 0) is 16.6 Å². The molecule has 0 amide bonds. The smallest absolute Gasteiger partial charge is 0.174 e. The van der Waals surface area contributed by atoms with Crippen LogP contribution in [0.1, 0.15) is 37.2 Å². The first-order valence-electron chi connectivity index (χ1n) is 9.88. The molecular weight excluding hydrogens is 300 g/mol. The number of aliphatic hydroxyl groups is 1. The van der Waals surface area contributed by atoms with Crippen molar-refractivity contribution in [1.82, 2.24) is 5.01 Å². The highest BCUT2D eigenvalue weighted by molar-refractivity contribution is 5.90. The molecule has 0 radical (unpaired) electrons. The molecular formula is C16H16N2O5. The van der Waals surface area contributed by atoms with Gasteiger partial charge in [0, 0.05) is 21.2 Å². The van der Waals surface area contributed by atoms with Crippen LogP contribution in [0.3, 0.4) is 0 Å². The molecule has 5 rings (SSSR count). The van der Waals surface area contributed by atoms with Crippen LogP contribution in [-0.4, -0.2) is 45.3 Å². The molecule has 2 heterocycles. The van der Waals surface area contributed by atoms with Crippen molar-refractivity contribution < 1.29 is 26.6 Å². The van der Waals surface area contributed by atoms with E-state index in [4.69, 9.17) is 11.6 Å². The Morgan fingerprint density at radius 2 is 2.35 bits per heavy atom. The number of piperidine rings is 1. The zero-order chi connectivity index (χ0) is 20.4. The summed E-state index contributed by atoms with van der Waals surface area (Å²) in [5.41, 5.74) is -3.54. The fourth-order valence-corrected chi connectivity index (χ4v) is 4.72. The van der Waals surface area contributed by atoms with E-state index in [9.17, 15) is 19.9 Å². The van der Waals surface area contributed by atoms with Crippen molar-refractivity contribution in [2.45, 2.75) is 48.8 Å². The summed E-state index contributed by atoms with van der Waals surface area (Å²) in [6.07, 6.45) is -6.15. The highest BCUT2D eigenvalue weighted by Gasteiger charge is 2.73. The molecule has 0 aromatic heterocycles. The van der Waals surface area contributed by atoms with Gasteiger partial charge in [0.15, 0.2) is 23.4 Å². The summed E-state index contributed by atoms with van der Waals surface area (Å²) < 4.78 is 46.9. The number of hydrogen-bond donors (Lipinski definition) is 2. The van der Waals surface area contributed by atoms with E-state index >= 15 is 0 Å². The predicted octanol–water partition coefficient (Wildman–Crippen LogP) is 0.797. The maximum atomic E-state index is 13.0. The summed E-state index contributed by atoms with van der Waals surface area (Å²) in [5, 5.41) is 26.1. The Hall–Kier alpha value is -2.15. The molecule has 23 heavy (non-hydrogen) atoms. The highest BCUT2D eigenvalue weighted by atomic mass is 16.5. The molecule has 2 fully saturated rings. The van der Waals surface area contributed by atoms with E-state index in [-0.39, 0.29) is 42.3 Å². The Balaban J connectivity index is 1.95. The number of carbonyl (C=O) groups is 1. The lowest BCUT2D eigenvalue weighted by Crippen LogP contribution is -2.75. The number of phenols is 1. The first-order chi connectivity index (χ1) is 13.0. The maximum Gasteiger partial charge on any atom is 0.174 e. The first kappa shape index (κ1) is 9.22. The molecule has 4 atom stereocenters. The lowest BCUT2D eigenvalue weighted by Gasteiger charge is -2.60. The Morgan fingerprint density at radius 1 is 1.52 bits per heavy atom. The Labute approximate surface area is 138 Å². The standard InChI is InChI=1S/C16H16N2O5/c19-9-2-1-8-7-11-16(21)4-3-10(20)14-15(16,5-6-18(11)17-22)12(8)13(9)23-14/h1-2,11,14,19,21H,3-7H2/t11-,14+,15+,16-/m1/s1/i1D,2D,3D2,14D. The van der Waals surface area contributed by atoms with Gasteiger partial charge in [-0.3, -0.25) is 9.80 Å². The molecule has 2 aliphatic heterocycles. The number of nitrogens with zero attached hydrogens (tertiary/aromatic N) is 2. The van der Waals surface area contributed by atoms with Crippen LogP contribution in [0, 0.1) is 4.91 Å². The lowest BCUT2D eigenvalue weighted by atomic mass is 9.49. The summed E-state index contributed by atoms with van der Waals surface area (Å²) in [5.74, 6) is -2.25. The van der Waals surface area contributed by atoms with Gasteiger partial charge in [-0.1, -0.05) is 6.04 Å². The van der Waals surface area contributed by atoms with Crippen LogP contribution in [0.25, 0.3) is 0 Å². The zero-order valence-corrected chi connectivity index (χ0v) is 11.9. The third kappa shape index (κ3) is 1.23. The molecule has 1 saturated heterocycles. The van der Waals surface area contributed by atoms with E-state index < -0.39 is 53.5 Å². The van der Waals surface area contributed by atoms with Gasteiger partial charge in [0.1, 0.15) is 5.60 Å². The minimum Gasteiger partial charge on any atom is -0.504 e. The van der Waals surface area contributed by atoms with E-state index in [1.165, 1.54) is 0 Å². The molecule has 120 valence electrons. The number of phenolic OH excluding ortho intramolecular Hbond substituents is 1. The minimum absolute atomic E-state index is 0.00759. The van der Waals surface area contributed by atoms with E-state index in [0.29, 0.717) is 0 Å². The number of aromatic hydroxyl groups is 1. The van der Waals surface area contributed by atoms with Crippen molar-refractivity contribution in [3.05, 3.63) is 28.1 Å². The maximum absolute atomic E-state index is 13.0. The van der Waals surface area contributed by atoms with Crippen LogP contribution < -0.4 is 4.74 Å². The SMILES string of the molecule is [2H]c1c([2H])c2c3c(c1O)O[C@@]1([2H])C(=O)C([2H])([2H])C[C@@]4(O)[C@@H](C2)N(N=O)CC[C@]314. The van der Waals surface area contributed by atoms with Crippen molar-refractivity contribution in [2.75, 3.05) is 6.54 Å². The van der Waals surface area contributed by atoms with Gasteiger partial charge in [0.05, 0.1) is 20.9 Å². The molecule has 7 heteroatoms. The molecule has 0 unspecified atom stereocenters. The number of hydrogen-bond acceptors (Lipinski definition) is 6. The van der Waals surface area contributed by atoms with Crippen molar-refractivity contribution in [2.24, 2.45) is 5.29 Å². The monoisotopic (exact) mass is 321 g/mol. The fourth-order valence-electron chi connectivity index (χ4n) is 4.72. The third-order valence-electron chi connectivity index (χ3n) is 5.69. The second-order valence-electron chi connectivity index (χ2n) is 6.44. The number of Topliss-reactive ketones (excluding diaryl/α,β-unsaturated/α-hetero) is 1. The van der Waals surface area contributed by atoms with Gasteiger partial charge in [0.2, 0.25) is 0 Å². The summed E-state index contributed by atoms with van der Waals surface area (Å²) in [7, 11) is 0. The minimum atomic E-state index is -2.62. The molecule has 2 aliphatic carbocycles. The van der Waals surface area contributed by atoms with Gasteiger partial charge in [-0.05, 0) is 30.9 Å². The fraction of sp³-hybridized carbons (Fsp3) is 0.562. The Kier molecular flexibility index (Phi) is 1.54. The number of rotatable bonds is 1. The lowest BCUT2D eigenvalue weighted by molar-refractivity contribution is -0.188. The largest absolute Gasteiger partial charge is 0.504 e. The summed E-state index contributed by atoms with van der Waals surface area (Å²) in [6, 6.07) is -2.00. The molecule has 1 aromatic rings. The first-order valence-corrected chi connectivity index (χ1v) is 7.38. The Bertz CT molecular complexity index is 989. The van der Waals surface area contributed by atoms with Gasteiger partial charge in [-0.25, -0.2) is 0 Å². The number of carbonyl (C=O) groups excluding carboxylic acids is 1. The van der Waals surface area contributed by atoms with E-state index in [1.54, 1.807) is 0 Å². The second-order valence-corrected chi connectivity index (χ2v) is 6.44. The average molecular weight is 321 g/mol. The van der Waals surface area contributed by atoms with Crippen molar-refractivity contribution in [1.29, 1.82) is 0 Å². The van der Waals surface area contributed by atoms with Gasteiger partial charge in [-0.15, -0.1) is 4.91 Å². The average Bonchev–Trinajstić information content (AvgIpc) is 2.88. The number of nitroso groups, excluding NO2 is 1. The molecule has 7 nitrogen and oxygen atoms in total. The summed E-state index contributed by atoms with van der Waals surface area (Å²) in [6.45, 7) is -0.00759. The topological polar surface area (TPSA) is 99.4 Å². The Morgan fingerprint density at radius 3 is 3.13 bits per heavy atom. The van der Waals surface area contributed by atoms with Crippen LogP contribution in [0.2, 0.25) is 0 Å². The second kappa shape index (κ2) is 3.84. The van der Waals surface area contributed by atoms with Crippen LogP contribution in [0.4, 0.5) is 0 Å². The van der Waals surface area contributed by atoms with Crippen molar-refractivity contribution in [3.8, 4) is 11.5 Å². The van der Waals surface area contributed by atoms with E-state index in [2.05, 4.69) is 5.29 Å².